The molecule has 0 saturated heterocycles. The Labute approximate surface area is 100 Å². The number of aromatic amines is 1. The Kier molecular flexibility index (Phi) is 2.44. The van der Waals surface area contributed by atoms with E-state index < -0.39 is 0 Å². The molecule has 4 nitrogen and oxygen atoms in total. The van der Waals surface area contributed by atoms with Crippen molar-refractivity contribution >= 4 is 0 Å². The largest absolute Gasteiger partial charge is 0.341 e. The van der Waals surface area contributed by atoms with Crippen LogP contribution in [0.3, 0.4) is 0 Å². The van der Waals surface area contributed by atoms with Gasteiger partial charge < -0.3 is 10.7 Å². The average molecular weight is 228 g/mol. The van der Waals surface area contributed by atoms with Crippen molar-refractivity contribution in [2.45, 2.75) is 24.7 Å². The number of H-pyrrole nitrogens is 1. The Morgan fingerprint density at radius 3 is 2.82 bits per heavy atom. The highest BCUT2D eigenvalue weighted by molar-refractivity contribution is 5.57. The van der Waals surface area contributed by atoms with Crippen molar-refractivity contribution in [3.63, 3.8) is 0 Å². The lowest BCUT2D eigenvalue weighted by Crippen LogP contribution is -2.42. The molecule has 3 N–H and O–H groups in total. The zero-order valence-corrected chi connectivity index (χ0v) is 9.69. The summed E-state index contributed by atoms with van der Waals surface area (Å²) in [6.07, 6.45) is 9.02. The summed E-state index contributed by atoms with van der Waals surface area (Å²) in [5.41, 5.74) is 8.06. The van der Waals surface area contributed by atoms with Crippen molar-refractivity contribution in [2.75, 3.05) is 6.54 Å². The van der Waals surface area contributed by atoms with E-state index in [1.165, 1.54) is 6.42 Å². The minimum Gasteiger partial charge on any atom is -0.341 e. The molecule has 88 valence electrons. The lowest BCUT2D eigenvalue weighted by atomic mass is 9.68. The molecular weight excluding hydrogens is 212 g/mol. The first-order chi connectivity index (χ1) is 8.34. The molecule has 1 aliphatic carbocycles. The molecule has 0 spiro atoms. The van der Waals surface area contributed by atoms with Crippen LogP contribution in [0.1, 0.15) is 25.1 Å². The third-order valence-electron chi connectivity index (χ3n) is 3.75. The van der Waals surface area contributed by atoms with Crippen molar-refractivity contribution in [3.05, 3.63) is 36.5 Å². The summed E-state index contributed by atoms with van der Waals surface area (Å²) in [6, 6.07) is 3.96. The summed E-state index contributed by atoms with van der Waals surface area (Å²) in [5, 5.41) is 0. The number of imidazole rings is 1. The maximum absolute atomic E-state index is 5.88. The van der Waals surface area contributed by atoms with Crippen molar-refractivity contribution in [1.29, 1.82) is 0 Å². The maximum atomic E-state index is 5.88. The third kappa shape index (κ3) is 1.65. The second-order valence-corrected chi connectivity index (χ2v) is 4.73. The number of nitrogens with zero attached hydrogens (tertiary/aromatic N) is 2. The predicted molar refractivity (Wildman–Crippen MR) is 66.4 cm³/mol. The van der Waals surface area contributed by atoms with Gasteiger partial charge in [0.1, 0.15) is 5.82 Å². The molecule has 4 heteroatoms. The molecule has 0 aromatic carbocycles. The minimum atomic E-state index is 0.0977. The van der Waals surface area contributed by atoms with Crippen LogP contribution in [0.4, 0.5) is 0 Å². The van der Waals surface area contributed by atoms with Gasteiger partial charge in [-0.1, -0.05) is 6.42 Å². The smallest absolute Gasteiger partial charge is 0.114 e. The van der Waals surface area contributed by atoms with E-state index in [0.717, 1.165) is 29.9 Å². The van der Waals surface area contributed by atoms with Gasteiger partial charge in [-0.05, 0) is 25.0 Å². The normalized spacial score (nSPS) is 17.7. The summed E-state index contributed by atoms with van der Waals surface area (Å²) in [6.45, 7) is 0.674. The van der Waals surface area contributed by atoms with Gasteiger partial charge >= 0.3 is 0 Å². The van der Waals surface area contributed by atoms with Crippen molar-refractivity contribution in [1.82, 2.24) is 15.0 Å². The SMILES string of the molecule is NCC1(c2ncc(-c3cccnc3)[nH]2)CCC1. The topological polar surface area (TPSA) is 67.6 Å². The van der Waals surface area contributed by atoms with Gasteiger partial charge in [-0.3, -0.25) is 4.98 Å². The summed E-state index contributed by atoms with van der Waals surface area (Å²) in [7, 11) is 0. The zero-order chi connectivity index (χ0) is 11.7. The van der Waals surface area contributed by atoms with Crippen molar-refractivity contribution < 1.29 is 0 Å². The molecule has 0 radical (unpaired) electrons. The Hall–Kier alpha value is -1.68. The number of hydrogen-bond acceptors (Lipinski definition) is 3. The highest BCUT2D eigenvalue weighted by Crippen LogP contribution is 2.41. The number of nitrogens with two attached hydrogens (primary N) is 1. The first-order valence-corrected chi connectivity index (χ1v) is 6.00. The standard InChI is InChI=1S/C13H16N4/c14-9-13(4-2-5-13)12-16-8-11(17-12)10-3-1-6-15-7-10/h1,3,6-8H,2,4-5,9,14H2,(H,16,17). The fourth-order valence-corrected chi connectivity index (χ4v) is 2.40. The van der Waals surface area contributed by atoms with E-state index in [9.17, 15) is 0 Å². The van der Waals surface area contributed by atoms with E-state index in [0.29, 0.717) is 6.54 Å². The molecule has 2 aromatic heterocycles. The summed E-state index contributed by atoms with van der Waals surface area (Å²) >= 11 is 0. The highest BCUT2D eigenvalue weighted by atomic mass is 15.0. The van der Waals surface area contributed by atoms with Crippen LogP contribution in [0.5, 0.6) is 0 Å². The quantitative estimate of drug-likeness (QED) is 0.842. The van der Waals surface area contributed by atoms with E-state index in [2.05, 4.69) is 15.0 Å². The number of rotatable bonds is 3. The van der Waals surface area contributed by atoms with Gasteiger partial charge in [-0.15, -0.1) is 0 Å². The van der Waals surface area contributed by atoms with Crippen LogP contribution in [-0.4, -0.2) is 21.5 Å². The van der Waals surface area contributed by atoms with E-state index in [4.69, 9.17) is 5.73 Å². The lowest BCUT2D eigenvalue weighted by Gasteiger charge is -2.39. The van der Waals surface area contributed by atoms with Gasteiger partial charge in [-0.2, -0.15) is 0 Å². The Bertz CT molecular complexity index is 494. The van der Waals surface area contributed by atoms with Gasteiger partial charge in [0.15, 0.2) is 0 Å². The molecule has 2 heterocycles. The Morgan fingerprint density at radius 1 is 1.35 bits per heavy atom. The molecule has 2 aromatic rings. The van der Waals surface area contributed by atoms with E-state index >= 15 is 0 Å². The number of nitrogens with one attached hydrogen (secondary N) is 1. The zero-order valence-electron chi connectivity index (χ0n) is 9.69. The van der Waals surface area contributed by atoms with Crippen LogP contribution in [0.15, 0.2) is 30.7 Å². The van der Waals surface area contributed by atoms with Crippen LogP contribution in [0, 0.1) is 0 Å². The van der Waals surface area contributed by atoms with Crippen molar-refractivity contribution in [3.8, 4) is 11.3 Å². The first-order valence-electron chi connectivity index (χ1n) is 6.00. The molecular formula is C13H16N4. The molecule has 0 atom stereocenters. The maximum Gasteiger partial charge on any atom is 0.114 e. The van der Waals surface area contributed by atoms with Crippen LogP contribution in [-0.2, 0) is 5.41 Å². The molecule has 0 amide bonds. The fraction of sp³-hybridized carbons (Fsp3) is 0.385. The molecule has 0 bridgehead atoms. The van der Waals surface area contributed by atoms with Crippen LogP contribution in [0.25, 0.3) is 11.3 Å². The van der Waals surface area contributed by atoms with Crippen LogP contribution in [0.2, 0.25) is 0 Å². The second kappa shape index (κ2) is 3.96. The average Bonchev–Trinajstić information content (AvgIpc) is 2.80. The monoisotopic (exact) mass is 228 g/mol. The molecule has 1 saturated carbocycles. The fourth-order valence-electron chi connectivity index (χ4n) is 2.40. The molecule has 1 fully saturated rings. The third-order valence-corrected chi connectivity index (χ3v) is 3.75. The summed E-state index contributed by atoms with van der Waals surface area (Å²) < 4.78 is 0. The molecule has 0 aliphatic heterocycles. The van der Waals surface area contributed by atoms with Crippen LogP contribution >= 0.6 is 0 Å². The summed E-state index contributed by atoms with van der Waals surface area (Å²) in [5.74, 6) is 1.03. The van der Waals surface area contributed by atoms with E-state index in [1.54, 1.807) is 6.20 Å². The Morgan fingerprint density at radius 2 is 2.24 bits per heavy atom. The predicted octanol–water partition coefficient (Wildman–Crippen LogP) is 1.85. The highest BCUT2D eigenvalue weighted by Gasteiger charge is 2.39. The van der Waals surface area contributed by atoms with Gasteiger partial charge in [0.25, 0.3) is 0 Å². The summed E-state index contributed by atoms with van der Waals surface area (Å²) in [4.78, 5) is 12.0. The second-order valence-electron chi connectivity index (χ2n) is 4.73. The lowest BCUT2D eigenvalue weighted by molar-refractivity contribution is 0.240. The van der Waals surface area contributed by atoms with E-state index in [-0.39, 0.29) is 5.41 Å². The van der Waals surface area contributed by atoms with Gasteiger partial charge in [0.05, 0.1) is 11.9 Å². The van der Waals surface area contributed by atoms with Crippen LogP contribution < -0.4 is 5.73 Å². The molecule has 1 aliphatic rings. The molecule has 0 unspecified atom stereocenters. The van der Waals surface area contributed by atoms with Gasteiger partial charge in [0, 0.05) is 29.9 Å². The van der Waals surface area contributed by atoms with Gasteiger partial charge in [0.2, 0.25) is 0 Å². The molecule has 3 rings (SSSR count). The number of hydrogen-bond donors (Lipinski definition) is 2. The van der Waals surface area contributed by atoms with Gasteiger partial charge in [-0.25, -0.2) is 4.98 Å². The first kappa shape index (κ1) is 10.5. The minimum absolute atomic E-state index is 0.0977. The van der Waals surface area contributed by atoms with Crippen molar-refractivity contribution in [2.24, 2.45) is 5.73 Å². The number of aromatic nitrogens is 3. The molecule has 17 heavy (non-hydrogen) atoms. The Balaban J connectivity index is 1.93. The van der Waals surface area contributed by atoms with E-state index in [1.807, 2.05) is 24.5 Å². The number of pyridine rings is 1.